The van der Waals surface area contributed by atoms with E-state index >= 15 is 0 Å². The molecular formula is C13H11BrO. The SMILES string of the molecule is C=C(OC)c1ccc2cc(Br)ccc2c1. The quantitative estimate of drug-likeness (QED) is 0.737. The van der Waals surface area contributed by atoms with Crippen LogP contribution in [-0.4, -0.2) is 7.11 Å². The number of fused-ring (bicyclic) bond motifs is 1. The van der Waals surface area contributed by atoms with Crippen molar-refractivity contribution in [1.82, 2.24) is 0 Å². The second kappa shape index (κ2) is 4.07. The molecule has 0 radical (unpaired) electrons. The van der Waals surface area contributed by atoms with Crippen LogP contribution in [0.25, 0.3) is 16.5 Å². The van der Waals surface area contributed by atoms with Gasteiger partial charge in [0, 0.05) is 10.0 Å². The van der Waals surface area contributed by atoms with Crippen LogP contribution in [0.2, 0.25) is 0 Å². The number of ether oxygens (including phenoxy) is 1. The van der Waals surface area contributed by atoms with E-state index in [9.17, 15) is 0 Å². The van der Waals surface area contributed by atoms with Crippen LogP contribution in [0, 0.1) is 0 Å². The molecule has 0 fully saturated rings. The topological polar surface area (TPSA) is 9.23 Å². The van der Waals surface area contributed by atoms with Gasteiger partial charge in [0.2, 0.25) is 0 Å². The Morgan fingerprint density at radius 3 is 2.53 bits per heavy atom. The Balaban J connectivity index is 2.57. The lowest BCUT2D eigenvalue weighted by molar-refractivity contribution is 0.371. The summed E-state index contributed by atoms with van der Waals surface area (Å²) in [5, 5.41) is 2.39. The van der Waals surface area contributed by atoms with Gasteiger partial charge in [-0.25, -0.2) is 0 Å². The monoisotopic (exact) mass is 262 g/mol. The van der Waals surface area contributed by atoms with Crippen LogP contribution < -0.4 is 0 Å². The third-order valence-corrected chi connectivity index (χ3v) is 2.86. The van der Waals surface area contributed by atoms with Gasteiger partial charge in [-0.05, 0) is 29.0 Å². The third-order valence-electron chi connectivity index (χ3n) is 2.37. The summed E-state index contributed by atoms with van der Waals surface area (Å²) in [4.78, 5) is 0. The highest BCUT2D eigenvalue weighted by molar-refractivity contribution is 9.10. The molecule has 0 aliphatic rings. The van der Waals surface area contributed by atoms with E-state index in [1.807, 2.05) is 12.1 Å². The third kappa shape index (κ3) is 2.05. The van der Waals surface area contributed by atoms with E-state index in [0.29, 0.717) is 5.76 Å². The van der Waals surface area contributed by atoms with Crippen molar-refractivity contribution in [1.29, 1.82) is 0 Å². The zero-order chi connectivity index (χ0) is 10.8. The Morgan fingerprint density at radius 1 is 1.13 bits per heavy atom. The molecule has 0 unspecified atom stereocenters. The zero-order valence-electron chi connectivity index (χ0n) is 8.46. The Morgan fingerprint density at radius 2 is 1.80 bits per heavy atom. The van der Waals surface area contributed by atoms with Gasteiger partial charge in [-0.3, -0.25) is 0 Å². The molecule has 0 saturated heterocycles. The summed E-state index contributed by atoms with van der Waals surface area (Å²) in [6.07, 6.45) is 0. The van der Waals surface area contributed by atoms with Crippen LogP contribution in [0.1, 0.15) is 5.56 Å². The van der Waals surface area contributed by atoms with Gasteiger partial charge in [-0.2, -0.15) is 0 Å². The van der Waals surface area contributed by atoms with Crippen LogP contribution in [-0.2, 0) is 4.74 Å². The van der Waals surface area contributed by atoms with Crippen molar-refractivity contribution in [3.05, 3.63) is 53.0 Å². The van der Waals surface area contributed by atoms with Crippen molar-refractivity contribution in [3.63, 3.8) is 0 Å². The normalized spacial score (nSPS) is 10.3. The second-order valence-corrected chi connectivity index (χ2v) is 4.25. The predicted molar refractivity (Wildman–Crippen MR) is 67.7 cm³/mol. The van der Waals surface area contributed by atoms with E-state index in [-0.39, 0.29) is 0 Å². The van der Waals surface area contributed by atoms with Crippen LogP contribution in [0.4, 0.5) is 0 Å². The fourth-order valence-electron chi connectivity index (χ4n) is 1.51. The lowest BCUT2D eigenvalue weighted by Crippen LogP contribution is -1.85. The van der Waals surface area contributed by atoms with Gasteiger partial charge < -0.3 is 4.74 Å². The predicted octanol–water partition coefficient (Wildman–Crippen LogP) is 4.22. The molecule has 1 nitrogen and oxygen atoms in total. The molecule has 0 aliphatic carbocycles. The minimum absolute atomic E-state index is 0.694. The minimum atomic E-state index is 0.694. The first kappa shape index (κ1) is 10.2. The van der Waals surface area contributed by atoms with Gasteiger partial charge in [0.05, 0.1) is 7.11 Å². The van der Waals surface area contributed by atoms with Crippen molar-refractivity contribution in [2.45, 2.75) is 0 Å². The largest absolute Gasteiger partial charge is 0.497 e. The summed E-state index contributed by atoms with van der Waals surface area (Å²) in [6, 6.07) is 12.4. The molecule has 0 aliphatic heterocycles. The number of hydrogen-bond donors (Lipinski definition) is 0. The lowest BCUT2D eigenvalue weighted by Gasteiger charge is -2.06. The van der Waals surface area contributed by atoms with Gasteiger partial charge in [0.1, 0.15) is 5.76 Å². The maximum atomic E-state index is 5.11. The molecule has 0 N–H and O–H groups in total. The molecule has 2 heteroatoms. The minimum Gasteiger partial charge on any atom is -0.497 e. The molecule has 2 aromatic rings. The van der Waals surface area contributed by atoms with E-state index < -0.39 is 0 Å². The Kier molecular flexibility index (Phi) is 2.78. The average Bonchev–Trinajstić information content (AvgIpc) is 2.27. The highest BCUT2D eigenvalue weighted by Crippen LogP contribution is 2.23. The zero-order valence-corrected chi connectivity index (χ0v) is 10.0. The van der Waals surface area contributed by atoms with E-state index in [4.69, 9.17) is 4.74 Å². The summed E-state index contributed by atoms with van der Waals surface area (Å²) in [5.41, 5.74) is 1.02. The van der Waals surface area contributed by atoms with E-state index in [1.54, 1.807) is 7.11 Å². The number of rotatable bonds is 2. The fraction of sp³-hybridized carbons (Fsp3) is 0.0769. The van der Waals surface area contributed by atoms with E-state index in [0.717, 1.165) is 10.0 Å². The molecule has 0 amide bonds. The van der Waals surface area contributed by atoms with Gasteiger partial charge >= 0.3 is 0 Å². The highest BCUT2D eigenvalue weighted by Gasteiger charge is 2.00. The molecule has 2 aromatic carbocycles. The lowest BCUT2D eigenvalue weighted by atomic mass is 10.1. The Labute approximate surface area is 97.5 Å². The van der Waals surface area contributed by atoms with Crippen molar-refractivity contribution >= 4 is 32.5 Å². The smallest absolute Gasteiger partial charge is 0.118 e. The van der Waals surface area contributed by atoms with Crippen LogP contribution in [0.5, 0.6) is 0 Å². The summed E-state index contributed by atoms with van der Waals surface area (Å²) < 4.78 is 6.20. The highest BCUT2D eigenvalue weighted by atomic mass is 79.9. The maximum absolute atomic E-state index is 5.11. The van der Waals surface area contributed by atoms with Crippen LogP contribution in [0.15, 0.2) is 47.4 Å². The number of methoxy groups -OCH3 is 1. The Bertz CT molecular complexity index is 517. The van der Waals surface area contributed by atoms with Gasteiger partial charge in [-0.15, -0.1) is 0 Å². The van der Waals surface area contributed by atoms with Crippen LogP contribution >= 0.6 is 15.9 Å². The molecule has 15 heavy (non-hydrogen) atoms. The first-order chi connectivity index (χ1) is 7.20. The number of halogens is 1. The van der Waals surface area contributed by atoms with Gasteiger partial charge in [0.15, 0.2) is 0 Å². The van der Waals surface area contributed by atoms with Crippen molar-refractivity contribution in [2.24, 2.45) is 0 Å². The first-order valence-corrected chi connectivity index (χ1v) is 5.42. The van der Waals surface area contributed by atoms with E-state index in [2.05, 4.69) is 46.8 Å². The maximum Gasteiger partial charge on any atom is 0.118 e. The second-order valence-electron chi connectivity index (χ2n) is 3.33. The molecule has 0 bridgehead atoms. The molecule has 0 aromatic heterocycles. The van der Waals surface area contributed by atoms with Crippen molar-refractivity contribution in [2.75, 3.05) is 7.11 Å². The average molecular weight is 263 g/mol. The molecule has 2 rings (SSSR count). The van der Waals surface area contributed by atoms with Crippen molar-refractivity contribution in [3.8, 4) is 0 Å². The number of benzene rings is 2. The first-order valence-electron chi connectivity index (χ1n) is 4.63. The summed E-state index contributed by atoms with van der Waals surface area (Å²) in [7, 11) is 1.63. The standard InChI is InChI=1S/C13H11BrO/c1-9(15-2)10-3-4-12-8-13(14)6-5-11(12)7-10/h3-8H,1H2,2H3. The summed E-state index contributed by atoms with van der Waals surface area (Å²) >= 11 is 3.45. The van der Waals surface area contributed by atoms with Gasteiger partial charge in [0.25, 0.3) is 0 Å². The molecule has 0 spiro atoms. The summed E-state index contributed by atoms with van der Waals surface area (Å²) in [6.45, 7) is 3.84. The Hall–Kier alpha value is -1.28. The molecule has 0 heterocycles. The number of hydrogen-bond acceptors (Lipinski definition) is 1. The fourth-order valence-corrected chi connectivity index (χ4v) is 1.89. The van der Waals surface area contributed by atoms with E-state index in [1.165, 1.54) is 10.8 Å². The van der Waals surface area contributed by atoms with Crippen LogP contribution in [0.3, 0.4) is 0 Å². The summed E-state index contributed by atoms with van der Waals surface area (Å²) in [5.74, 6) is 0.694. The van der Waals surface area contributed by atoms with Crippen molar-refractivity contribution < 1.29 is 4.74 Å². The molecular weight excluding hydrogens is 252 g/mol. The molecule has 0 saturated carbocycles. The van der Waals surface area contributed by atoms with Gasteiger partial charge in [-0.1, -0.05) is 40.7 Å². The molecule has 76 valence electrons. The molecule has 0 atom stereocenters.